The summed E-state index contributed by atoms with van der Waals surface area (Å²) in [7, 11) is 0. The van der Waals surface area contributed by atoms with Gasteiger partial charge in [-0.15, -0.1) is 0 Å². The lowest BCUT2D eigenvalue weighted by atomic mass is 9.99. The average Bonchev–Trinajstić information content (AvgIpc) is 2.68. The van der Waals surface area contributed by atoms with Crippen LogP contribution in [-0.2, 0) is 0 Å². The van der Waals surface area contributed by atoms with Gasteiger partial charge >= 0.3 is 0 Å². The number of carbonyl (C=O) groups excluding carboxylic acids is 1. The summed E-state index contributed by atoms with van der Waals surface area (Å²) in [6.07, 6.45) is 6.50. The molecule has 0 aliphatic carbocycles. The van der Waals surface area contributed by atoms with Crippen molar-refractivity contribution in [1.82, 2.24) is 15.3 Å². The van der Waals surface area contributed by atoms with E-state index in [0.29, 0.717) is 18.1 Å². The Morgan fingerprint density at radius 1 is 1.15 bits per heavy atom. The molecule has 2 aromatic rings. The molecule has 6 heteroatoms. The fraction of sp³-hybridized carbons (Fsp3) is 0.450. The van der Waals surface area contributed by atoms with Crippen LogP contribution in [0.3, 0.4) is 0 Å². The lowest BCUT2D eigenvalue weighted by Gasteiger charge is -2.32. The van der Waals surface area contributed by atoms with Gasteiger partial charge in [0, 0.05) is 43.4 Å². The molecule has 2 heterocycles. The normalized spacial score (nSPS) is 14.9. The molecule has 1 aromatic heterocycles. The van der Waals surface area contributed by atoms with Crippen LogP contribution in [-0.4, -0.2) is 35.5 Å². The van der Waals surface area contributed by atoms with Gasteiger partial charge in [-0.2, -0.15) is 0 Å². The second kappa shape index (κ2) is 8.65. The van der Waals surface area contributed by atoms with E-state index in [2.05, 4.69) is 44.6 Å². The zero-order valence-electron chi connectivity index (χ0n) is 15.5. The van der Waals surface area contributed by atoms with Gasteiger partial charge in [-0.3, -0.25) is 4.79 Å². The number of rotatable bonds is 6. The lowest BCUT2D eigenvalue weighted by molar-refractivity contribution is 0.0953. The smallest absolute Gasteiger partial charge is 0.254 e. The van der Waals surface area contributed by atoms with Gasteiger partial charge < -0.3 is 15.5 Å². The Hall–Kier alpha value is -2.63. The van der Waals surface area contributed by atoms with E-state index in [1.54, 1.807) is 12.4 Å². The van der Waals surface area contributed by atoms with Crippen molar-refractivity contribution >= 4 is 23.2 Å². The summed E-state index contributed by atoms with van der Waals surface area (Å²) < 4.78 is 0. The number of amides is 1. The molecule has 3 rings (SSSR count). The molecular weight excluding hydrogens is 326 g/mol. The van der Waals surface area contributed by atoms with Gasteiger partial charge in [0.25, 0.3) is 5.91 Å². The van der Waals surface area contributed by atoms with E-state index in [9.17, 15) is 4.79 Å². The van der Waals surface area contributed by atoms with E-state index in [1.807, 2.05) is 19.1 Å². The monoisotopic (exact) mass is 353 g/mol. The quantitative estimate of drug-likeness (QED) is 0.830. The van der Waals surface area contributed by atoms with Crippen LogP contribution < -0.4 is 15.5 Å². The average molecular weight is 353 g/mol. The summed E-state index contributed by atoms with van der Waals surface area (Å²) in [6.45, 7) is 7.24. The Balaban J connectivity index is 1.58. The number of nitrogens with one attached hydrogen (secondary N) is 2. The largest absolute Gasteiger partial charge is 0.372 e. The van der Waals surface area contributed by atoms with Gasteiger partial charge in [-0.1, -0.05) is 13.8 Å². The molecule has 1 amide bonds. The van der Waals surface area contributed by atoms with Gasteiger partial charge in [0.15, 0.2) is 0 Å². The van der Waals surface area contributed by atoms with Crippen LogP contribution in [0.1, 0.15) is 43.5 Å². The summed E-state index contributed by atoms with van der Waals surface area (Å²) in [5, 5.41) is 5.99. The standard InChI is InChI=1S/C20H27N5O/c1-3-10-21-19(26)16-13-22-20(23-14-16)24-17-4-6-18(7-5-17)25-11-8-15(2)9-12-25/h4-7,13-15H,3,8-12H2,1-2H3,(H,21,26)(H,22,23,24). The minimum atomic E-state index is -0.140. The summed E-state index contributed by atoms with van der Waals surface area (Å²) in [5.74, 6) is 1.17. The van der Waals surface area contributed by atoms with E-state index in [-0.39, 0.29) is 5.91 Å². The van der Waals surface area contributed by atoms with Crippen molar-refractivity contribution < 1.29 is 4.79 Å². The molecule has 1 aromatic carbocycles. The number of anilines is 3. The number of piperidine rings is 1. The van der Waals surface area contributed by atoms with E-state index in [1.165, 1.54) is 18.5 Å². The van der Waals surface area contributed by atoms with E-state index in [4.69, 9.17) is 0 Å². The Bertz CT molecular complexity index is 706. The van der Waals surface area contributed by atoms with Crippen LogP contribution in [0.25, 0.3) is 0 Å². The molecule has 0 spiro atoms. The van der Waals surface area contributed by atoms with Gasteiger partial charge in [-0.05, 0) is 49.4 Å². The van der Waals surface area contributed by atoms with E-state index >= 15 is 0 Å². The Morgan fingerprint density at radius 2 is 1.81 bits per heavy atom. The third kappa shape index (κ3) is 4.71. The predicted octanol–water partition coefficient (Wildman–Crippen LogP) is 3.60. The van der Waals surface area contributed by atoms with Crippen molar-refractivity contribution in [3.8, 4) is 0 Å². The molecule has 0 radical (unpaired) electrons. The number of carbonyl (C=O) groups is 1. The summed E-state index contributed by atoms with van der Waals surface area (Å²) >= 11 is 0. The molecule has 26 heavy (non-hydrogen) atoms. The number of hydrogen-bond acceptors (Lipinski definition) is 5. The van der Waals surface area contributed by atoms with Gasteiger partial charge in [0.1, 0.15) is 0 Å². The highest BCUT2D eigenvalue weighted by molar-refractivity contribution is 5.93. The molecule has 1 aliphatic heterocycles. The Labute approximate surface area is 155 Å². The number of aromatic nitrogens is 2. The van der Waals surface area contributed by atoms with Gasteiger partial charge in [-0.25, -0.2) is 9.97 Å². The maximum absolute atomic E-state index is 11.9. The molecule has 0 atom stereocenters. The molecule has 1 saturated heterocycles. The maximum atomic E-state index is 11.9. The summed E-state index contributed by atoms with van der Waals surface area (Å²) in [6, 6.07) is 8.34. The second-order valence-corrected chi connectivity index (χ2v) is 6.89. The highest BCUT2D eigenvalue weighted by atomic mass is 16.1. The minimum Gasteiger partial charge on any atom is -0.372 e. The minimum absolute atomic E-state index is 0.140. The molecule has 0 unspecified atom stereocenters. The Morgan fingerprint density at radius 3 is 2.42 bits per heavy atom. The van der Waals surface area contributed by atoms with Crippen LogP contribution in [0, 0.1) is 5.92 Å². The second-order valence-electron chi connectivity index (χ2n) is 6.89. The van der Waals surface area contributed by atoms with Crippen LogP contribution >= 0.6 is 0 Å². The molecule has 0 bridgehead atoms. The van der Waals surface area contributed by atoms with E-state index < -0.39 is 0 Å². The Kier molecular flexibility index (Phi) is 6.04. The van der Waals surface area contributed by atoms with Crippen molar-refractivity contribution in [3.05, 3.63) is 42.2 Å². The molecule has 1 aliphatic rings. The first-order valence-electron chi connectivity index (χ1n) is 9.38. The van der Waals surface area contributed by atoms with Crippen LogP contribution in [0.2, 0.25) is 0 Å². The highest BCUT2D eigenvalue weighted by Crippen LogP contribution is 2.24. The lowest BCUT2D eigenvalue weighted by Crippen LogP contribution is -2.32. The zero-order chi connectivity index (χ0) is 18.4. The van der Waals surface area contributed by atoms with Crippen molar-refractivity contribution in [1.29, 1.82) is 0 Å². The molecule has 2 N–H and O–H groups in total. The predicted molar refractivity (Wildman–Crippen MR) is 105 cm³/mol. The first kappa shape index (κ1) is 18.2. The fourth-order valence-corrected chi connectivity index (χ4v) is 3.00. The van der Waals surface area contributed by atoms with Crippen molar-refractivity contribution in [2.24, 2.45) is 5.92 Å². The van der Waals surface area contributed by atoms with Crippen molar-refractivity contribution in [2.45, 2.75) is 33.1 Å². The third-order valence-electron chi connectivity index (χ3n) is 4.72. The fourth-order valence-electron chi connectivity index (χ4n) is 3.00. The highest BCUT2D eigenvalue weighted by Gasteiger charge is 2.15. The zero-order valence-corrected chi connectivity index (χ0v) is 15.5. The van der Waals surface area contributed by atoms with Gasteiger partial charge in [0.2, 0.25) is 5.95 Å². The number of benzene rings is 1. The van der Waals surface area contributed by atoms with Crippen LogP contribution in [0.5, 0.6) is 0 Å². The summed E-state index contributed by atoms with van der Waals surface area (Å²) in [5.41, 5.74) is 2.66. The molecular formula is C20H27N5O. The maximum Gasteiger partial charge on any atom is 0.254 e. The molecule has 6 nitrogen and oxygen atoms in total. The number of hydrogen-bond donors (Lipinski definition) is 2. The van der Waals surface area contributed by atoms with Crippen LogP contribution in [0.4, 0.5) is 17.3 Å². The van der Waals surface area contributed by atoms with Gasteiger partial charge in [0.05, 0.1) is 5.56 Å². The first-order chi connectivity index (χ1) is 12.7. The number of nitrogens with zero attached hydrogens (tertiary/aromatic N) is 3. The third-order valence-corrected chi connectivity index (χ3v) is 4.72. The summed E-state index contributed by atoms with van der Waals surface area (Å²) in [4.78, 5) is 22.8. The SMILES string of the molecule is CCCNC(=O)c1cnc(Nc2ccc(N3CCC(C)CC3)cc2)nc1. The van der Waals surface area contributed by atoms with Crippen molar-refractivity contribution in [3.63, 3.8) is 0 Å². The van der Waals surface area contributed by atoms with E-state index in [0.717, 1.165) is 31.1 Å². The van der Waals surface area contributed by atoms with Crippen LogP contribution in [0.15, 0.2) is 36.7 Å². The van der Waals surface area contributed by atoms with Crippen molar-refractivity contribution in [2.75, 3.05) is 29.9 Å². The molecule has 138 valence electrons. The molecule has 1 fully saturated rings. The topological polar surface area (TPSA) is 70.2 Å². The first-order valence-corrected chi connectivity index (χ1v) is 9.38. The molecule has 0 saturated carbocycles.